The van der Waals surface area contributed by atoms with E-state index >= 15 is 0 Å². The molecule has 0 fully saturated rings. The molecule has 0 atom stereocenters. The van der Waals surface area contributed by atoms with Crippen LogP contribution >= 0.6 is 0 Å². The maximum Gasteiger partial charge on any atom is 0.414 e. The fraction of sp³-hybridized carbons (Fsp3) is 0.533. The maximum absolute atomic E-state index is 12.1. The van der Waals surface area contributed by atoms with Crippen LogP contribution in [0.5, 0.6) is 0 Å². The Balaban J connectivity index is 2.16. The largest absolute Gasteiger partial charge is 0.443 e. The maximum atomic E-state index is 12.1. The lowest BCUT2D eigenvalue weighted by molar-refractivity contribution is 0.0584. The van der Waals surface area contributed by atoms with E-state index in [9.17, 15) is 4.79 Å². The van der Waals surface area contributed by atoms with Gasteiger partial charge in [0, 0.05) is 13.7 Å². The van der Waals surface area contributed by atoms with Crippen LogP contribution in [0.1, 0.15) is 31.9 Å². The summed E-state index contributed by atoms with van der Waals surface area (Å²) in [7, 11) is 1.68. The summed E-state index contributed by atoms with van der Waals surface area (Å²) in [5.41, 5.74) is 2.80. The van der Waals surface area contributed by atoms with Crippen LogP contribution < -0.4 is 4.90 Å². The minimum absolute atomic E-state index is 0.272. The van der Waals surface area contributed by atoms with Crippen molar-refractivity contribution in [3.05, 3.63) is 29.3 Å². The Hall–Kier alpha value is -1.55. The van der Waals surface area contributed by atoms with Gasteiger partial charge in [-0.3, -0.25) is 4.90 Å². The van der Waals surface area contributed by atoms with E-state index in [2.05, 4.69) is 6.07 Å². The molecule has 0 spiro atoms. The Morgan fingerprint density at radius 3 is 2.74 bits per heavy atom. The molecule has 19 heavy (non-hydrogen) atoms. The molecule has 1 heterocycles. The molecule has 0 aromatic heterocycles. The lowest BCUT2D eigenvalue weighted by Crippen LogP contribution is -2.35. The second-order valence-electron chi connectivity index (χ2n) is 5.78. The van der Waals surface area contributed by atoms with Gasteiger partial charge in [-0.15, -0.1) is 0 Å². The molecule has 0 saturated carbocycles. The van der Waals surface area contributed by atoms with Gasteiger partial charge in [0.25, 0.3) is 0 Å². The van der Waals surface area contributed by atoms with Crippen molar-refractivity contribution in [2.45, 2.75) is 39.4 Å². The molecule has 0 aliphatic carbocycles. The molecule has 1 aromatic rings. The second kappa shape index (κ2) is 5.21. The van der Waals surface area contributed by atoms with Crippen molar-refractivity contribution in [1.29, 1.82) is 0 Å². The zero-order valence-corrected chi connectivity index (χ0v) is 12.0. The zero-order valence-electron chi connectivity index (χ0n) is 12.0. The van der Waals surface area contributed by atoms with Gasteiger partial charge in [-0.2, -0.15) is 0 Å². The van der Waals surface area contributed by atoms with Gasteiger partial charge in [-0.1, -0.05) is 12.1 Å². The van der Waals surface area contributed by atoms with E-state index in [1.165, 1.54) is 5.56 Å². The SMILES string of the molecule is COCc1ccc2c(c1)CCN2C(=O)OC(C)(C)C. The van der Waals surface area contributed by atoms with Crippen molar-refractivity contribution >= 4 is 11.8 Å². The summed E-state index contributed by atoms with van der Waals surface area (Å²) in [5.74, 6) is 0. The molecule has 1 amide bonds. The van der Waals surface area contributed by atoms with Crippen LogP contribution in [0.2, 0.25) is 0 Å². The van der Waals surface area contributed by atoms with Crippen LogP contribution in [-0.4, -0.2) is 25.3 Å². The van der Waals surface area contributed by atoms with Gasteiger partial charge < -0.3 is 9.47 Å². The highest BCUT2D eigenvalue weighted by molar-refractivity contribution is 5.90. The van der Waals surface area contributed by atoms with Crippen LogP contribution in [0.4, 0.5) is 10.5 Å². The molecule has 2 rings (SSSR count). The van der Waals surface area contributed by atoms with Gasteiger partial charge in [0.2, 0.25) is 0 Å². The van der Waals surface area contributed by atoms with Crippen molar-refractivity contribution in [2.24, 2.45) is 0 Å². The fourth-order valence-electron chi connectivity index (χ4n) is 2.22. The molecule has 0 radical (unpaired) electrons. The quantitative estimate of drug-likeness (QED) is 0.823. The van der Waals surface area contributed by atoms with E-state index in [-0.39, 0.29) is 6.09 Å². The molecule has 0 N–H and O–H groups in total. The smallest absolute Gasteiger partial charge is 0.414 e. The molecular weight excluding hydrogens is 242 g/mol. The highest BCUT2D eigenvalue weighted by Crippen LogP contribution is 2.30. The Morgan fingerprint density at radius 2 is 2.11 bits per heavy atom. The molecule has 0 saturated heterocycles. The summed E-state index contributed by atoms with van der Waals surface area (Å²) in [6.45, 7) is 6.91. The fourth-order valence-corrected chi connectivity index (χ4v) is 2.22. The zero-order chi connectivity index (χ0) is 14.0. The molecular formula is C15H21NO3. The van der Waals surface area contributed by atoms with Crippen molar-refractivity contribution in [2.75, 3.05) is 18.6 Å². The van der Waals surface area contributed by atoms with Crippen LogP contribution in [-0.2, 0) is 22.5 Å². The second-order valence-corrected chi connectivity index (χ2v) is 5.78. The number of benzene rings is 1. The molecule has 104 valence electrons. The first-order valence-electron chi connectivity index (χ1n) is 6.52. The van der Waals surface area contributed by atoms with E-state index in [4.69, 9.17) is 9.47 Å². The predicted octanol–water partition coefficient (Wildman–Crippen LogP) is 3.13. The first kappa shape index (κ1) is 13.9. The van der Waals surface area contributed by atoms with E-state index in [1.54, 1.807) is 12.0 Å². The Bertz CT molecular complexity index is 477. The Kier molecular flexibility index (Phi) is 3.80. The molecule has 4 heteroatoms. The number of carbonyl (C=O) groups excluding carboxylic acids is 1. The number of ether oxygens (including phenoxy) is 2. The first-order valence-corrected chi connectivity index (χ1v) is 6.52. The summed E-state index contributed by atoms with van der Waals surface area (Å²) >= 11 is 0. The Labute approximate surface area is 114 Å². The van der Waals surface area contributed by atoms with Crippen molar-refractivity contribution in [1.82, 2.24) is 0 Å². The molecule has 4 nitrogen and oxygen atoms in total. The summed E-state index contributed by atoms with van der Waals surface area (Å²) in [5, 5.41) is 0. The van der Waals surface area contributed by atoms with E-state index < -0.39 is 5.60 Å². The van der Waals surface area contributed by atoms with E-state index in [1.807, 2.05) is 32.9 Å². The average Bonchev–Trinajstić information content (AvgIpc) is 2.70. The van der Waals surface area contributed by atoms with Crippen LogP contribution in [0.3, 0.4) is 0 Å². The van der Waals surface area contributed by atoms with Gasteiger partial charge in [0.1, 0.15) is 5.60 Å². The van der Waals surface area contributed by atoms with Gasteiger partial charge in [0.15, 0.2) is 0 Å². The standard InChI is InChI=1S/C15H21NO3/c1-15(2,3)19-14(17)16-8-7-12-9-11(10-18-4)5-6-13(12)16/h5-6,9H,7-8,10H2,1-4H3. The lowest BCUT2D eigenvalue weighted by Gasteiger charge is -2.24. The summed E-state index contributed by atoms with van der Waals surface area (Å²) in [4.78, 5) is 13.8. The van der Waals surface area contributed by atoms with Gasteiger partial charge in [-0.25, -0.2) is 4.79 Å². The number of hydrogen-bond acceptors (Lipinski definition) is 3. The topological polar surface area (TPSA) is 38.8 Å². The number of carbonyl (C=O) groups is 1. The highest BCUT2D eigenvalue weighted by Gasteiger charge is 2.28. The minimum atomic E-state index is -0.462. The molecule has 1 aliphatic heterocycles. The van der Waals surface area contributed by atoms with Crippen LogP contribution in [0, 0.1) is 0 Å². The molecule has 1 aromatic carbocycles. The third kappa shape index (κ3) is 3.26. The summed E-state index contributed by atoms with van der Waals surface area (Å²) in [6, 6.07) is 6.06. The van der Waals surface area contributed by atoms with Crippen molar-refractivity contribution < 1.29 is 14.3 Å². The number of anilines is 1. The number of fused-ring (bicyclic) bond motifs is 1. The molecule has 1 aliphatic rings. The minimum Gasteiger partial charge on any atom is -0.443 e. The number of nitrogens with zero attached hydrogens (tertiary/aromatic N) is 1. The number of methoxy groups -OCH3 is 1. The van der Waals surface area contributed by atoms with Crippen molar-refractivity contribution in [3.8, 4) is 0 Å². The summed E-state index contributed by atoms with van der Waals surface area (Å²) < 4.78 is 10.5. The third-order valence-corrected chi connectivity index (χ3v) is 2.96. The predicted molar refractivity (Wildman–Crippen MR) is 74.4 cm³/mol. The normalized spacial score (nSPS) is 14.4. The monoisotopic (exact) mass is 263 g/mol. The highest BCUT2D eigenvalue weighted by atomic mass is 16.6. The third-order valence-electron chi connectivity index (χ3n) is 2.96. The van der Waals surface area contributed by atoms with E-state index in [0.717, 1.165) is 17.7 Å². The number of rotatable bonds is 2. The van der Waals surface area contributed by atoms with Crippen LogP contribution in [0.25, 0.3) is 0 Å². The number of hydrogen-bond donors (Lipinski definition) is 0. The van der Waals surface area contributed by atoms with Gasteiger partial charge >= 0.3 is 6.09 Å². The Morgan fingerprint density at radius 1 is 1.37 bits per heavy atom. The number of amides is 1. The lowest BCUT2D eigenvalue weighted by atomic mass is 10.1. The van der Waals surface area contributed by atoms with E-state index in [0.29, 0.717) is 13.2 Å². The average molecular weight is 263 g/mol. The first-order chi connectivity index (χ1) is 8.90. The van der Waals surface area contributed by atoms with Gasteiger partial charge in [0.05, 0.1) is 12.3 Å². The van der Waals surface area contributed by atoms with Gasteiger partial charge in [-0.05, 0) is 44.4 Å². The molecule has 0 bridgehead atoms. The molecule has 0 unspecified atom stereocenters. The van der Waals surface area contributed by atoms with Crippen LogP contribution in [0.15, 0.2) is 18.2 Å². The summed E-state index contributed by atoms with van der Waals surface area (Å²) in [6.07, 6.45) is 0.595. The van der Waals surface area contributed by atoms with Crippen molar-refractivity contribution in [3.63, 3.8) is 0 Å².